The molecule has 1 aliphatic heterocycles. The minimum Gasteiger partial charge on any atom is -0.491 e. The van der Waals surface area contributed by atoms with E-state index < -0.39 is 74.4 Å². The largest absolute Gasteiger partial charge is 0.491 e. The van der Waals surface area contributed by atoms with Crippen molar-refractivity contribution in [3.05, 3.63) is 48.8 Å². The molecule has 1 fully saturated rings. The SMILES string of the molecule is [2H]c1nn(C([2H])([2H])C([2H])([2H])N2C([2H])([2H])C([2H])([2H])N(c3ccc(OCCOC([2H])([2H])[2H])cc3)C([2H])([2H])C2([2H])[2H])c2nc(N)n3nc(-c4ccco4)nc3c12. The number of nitrogens with zero attached hydrogens (tertiary/aromatic N) is 8. The molecular formula is C25H29N9O3. The van der Waals surface area contributed by atoms with Gasteiger partial charge in [0.2, 0.25) is 11.8 Å². The van der Waals surface area contributed by atoms with Gasteiger partial charge in [0.05, 0.1) is 44.6 Å². The Morgan fingerprint density at radius 2 is 1.97 bits per heavy atom. The molecule has 0 bridgehead atoms. The lowest BCUT2D eigenvalue weighted by molar-refractivity contribution is 0.146. The predicted molar refractivity (Wildman–Crippen MR) is 139 cm³/mol. The van der Waals surface area contributed by atoms with Gasteiger partial charge in [0, 0.05) is 53.4 Å². The number of aryl methyl sites for hydroxylation is 1. The molecule has 192 valence electrons. The fourth-order valence-corrected chi connectivity index (χ4v) is 3.37. The van der Waals surface area contributed by atoms with Crippen LogP contribution in [0.3, 0.4) is 0 Å². The molecule has 12 heteroatoms. The number of benzene rings is 1. The predicted octanol–water partition coefficient (Wildman–Crippen LogP) is 2.16. The van der Waals surface area contributed by atoms with E-state index in [-0.39, 0.29) is 51.2 Å². The number of anilines is 2. The molecule has 1 saturated heterocycles. The average molecular weight is 520 g/mol. The smallest absolute Gasteiger partial charge is 0.225 e. The third-order valence-electron chi connectivity index (χ3n) is 5.06. The van der Waals surface area contributed by atoms with Crippen LogP contribution in [0.25, 0.3) is 28.3 Å². The van der Waals surface area contributed by atoms with E-state index in [0.29, 0.717) is 0 Å². The highest BCUT2D eigenvalue weighted by molar-refractivity contribution is 5.90. The maximum Gasteiger partial charge on any atom is 0.225 e. The quantitative estimate of drug-likeness (QED) is 0.290. The first-order chi connectivity index (χ1) is 24.3. The summed E-state index contributed by atoms with van der Waals surface area (Å²) in [6.45, 7) is -23.3. The molecule has 6 rings (SSSR count). The average Bonchev–Trinajstić information content (AvgIpc) is 3.78. The van der Waals surface area contributed by atoms with E-state index in [1.165, 1.54) is 24.5 Å². The summed E-state index contributed by atoms with van der Waals surface area (Å²) in [7, 11) is -2.65. The summed E-state index contributed by atoms with van der Waals surface area (Å²) in [5.74, 6) is -0.148. The summed E-state index contributed by atoms with van der Waals surface area (Å²) in [5, 5.41) is 7.68. The molecule has 2 N–H and O–H groups in total. The minimum absolute atomic E-state index is 0.00648. The maximum atomic E-state index is 8.94. The van der Waals surface area contributed by atoms with Crippen LogP contribution in [0.4, 0.5) is 11.6 Å². The molecule has 0 spiro atoms. The molecule has 0 atom stereocenters. The van der Waals surface area contributed by atoms with E-state index in [1.54, 1.807) is 6.07 Å². The van der Waals surface area contributed by atoms with Gasteiger partial charge >= 0.3 is 0 Å². The molecule has 0 amide bonds. The topological polar surface area (TPSA) is 125 Å². The number of nitrogen functional groups attached to an aromatic ring is 1. The first-order valence-electron chi connectivity index (χ1n) is 18.7. The highest BCUT2D eigenvalue weighted by Crippen LogP contribution is 2.24. The number of aromatic nitrogens is 6. The molecule has 5 heterocycles. The zero-order valence-corrected chi connectivity index (χ0v) is 18.8. The Morgan fingerprint density at radius 3 is 2.76 bits per heavy atom. The number of piperazine rings is 1. The van der Waals surface area contributed by atoms with Crippen LogP contribution in [0.15, 0.2) is 53.3 Å². The Labute approximate surface area is 235 Å². The van der Waals surface area contributed by atoms with Crippen LogP contribution in [-0.4, -0.2) is 87.0 Å². The van der Waals surface area contributed by atoms with Gasteiger partial charge in [-0.2, -0.15) is 14.6 Å². The van der Waals surface area contributed by atoms with E-state index >= 15 is 0 Å². The maximum absolute atomic E-state index is 8.94. The summed E-state index contributed by atoms with van der Waals surface area (Å²) >= 11 is 0. The Balaban J connectivity index is 1.40. The first-order valence-corrected chi connectivity index (χ1v) is 10.7. The second-order valence-electron chi connectivity index (χ2n) is 7.37. The highest BCUT2D eigenvalue weighted by atomic mass is 16.5. The Hall–Kier alpha value is -4.16. The van der Waals surface area contributed by atoms with Crippen LogP contribution < -0.4 is 15.4 Å². The van der Waals surface area contributed by atoms with Crippen LogP contribution in [0.5, 0.6) is 5.75 Å². The van der Waals surface area contributed by atoms with Gasteiger partial charge in [-0.1, -0.05) is 0 Å². The third kappa shape index (κ3) is 4.68. The monoisotopic (exact) mass is 519 g/mol. The van der Waals surface area contributed by atoms with Crippen LogP contribution in [0.1, 0.15) is 21.9 Å². The molecule has 0 unspecified atom stereocenters. The van der Waals surface area contributed by atoms with Gasteiger partial charge in [-0.3, -0.25) is 4.90 Å². The molecule has 1 aromatic carbocycles. The van der Waals surface area contributed by atoms with Crippen molar-refractivity contribution in [3.8, 4) is 17.3 Å². The van der Waals surface area contributed by atoms with Crippen molar-refractivity contribution in [1.82, 2.24) is 34.3 Å². The van der Waals surface area contributed by atoms with E-state index in [2.05, 4.69) is 24.9 Å². The van der Waals surface area contributed by atoms with Crippen molar-refractivity contribution in [2.24, 2.45) is 0 Å². The second-order valence-corrected chi connectivity index (χ2v) is 7.37. The normalized spacial score (nSPS) is 27.6. The Bertz CT molecular complexity index is 2120. The number of furan rings is 1. The van der Waals surface area contributed by atoms with Crippen LogP contribution in [0.2, 0.25) is 0 Å². The van der Waals surface area contributed by atoms with Crippen molar-refractivity contribution in [2.45, 2.75) is 6.50 Å². The van der Waals surface area contributed by atoms with E-state index in [4.69, 9.17) is 36.8 Å². The summed E-state index contributed by atoms with van der Waals surface area (Å²) in [6, 6.07) is 7.65. The van der Waals surface area contributed by atoms with Gasteiger partial charge in [-0.25, -0.2) is 9.67 Å². The molecule has 0 radical (unpaired) electrons. The van der Waals surface area contributed by atoms with Crippen molar-refractivity contribution >= 4 is 28.3 Å². The number of ether oxygens (including phenoxy) is 2. The number of rotatable bonds is 9. The van der Waals surface area contributed by atoms with Crippen molar-refractivity contribution in [1.29, 1.82) is 0 Å². The van der Waals surface area contributed by atoms with Gasteiger partial charge in [0.25, 0.3) is 0 Å². The van der Waals surface area contributed by atoms with Crippen molar-refractivity contribution in [2.75, 3.05) is 63.4 Å². The molecule has 5 aromatic rings. The second kappa shape index (κ2) is 10.1. The number of fused-ring (bicyclic) bond motifs is 3. The summed E-state index contributed by atoms with van der Waals surface area (Å²) in [6.07, 6.45) is 0.635. The lowest BCUT2D eigenvalue weighted by Gasteiger charge is -2.36. The summed E-state index contributed by atoms with van der Waals surface area (Å²) < 4.78 is 152. The van der Waals surface area contributed by atoms with E-state index in [0.717, 1.165) is 16.6 Å². The molecule has 0 saturated carbocycles. The van der Waals surface area contributed by atoms with Crippen molar-refractivity contribution < 1.29 is 35.8 Å². The first kappa shape index (κ1) is 11.5. The van der Waals surface area contributed by atoms with Crippen LogP contribution >= 0.6 is 0 Å². The molecule has 4 aromatic heterocycles. The summed E-state index contributed by atoms with van der Waals surface area (Å²) in [5.41, 5.74) is 4.90. The van der Waals surface area contributed by atoms with E-state index in [9.17, 15) is 0 Å². The molecule has 37 heavy (non-hydrogen) atoms. The lowest BCUT2D eigenvalue weighted by atomic mass is 10.2. The van der Waals surface area contributed by atoms with Gasteiger partial charge in [-0.05, 0) is 36.4 Å². The minimum atomic E-state index is -4.01. The Kier molecular flexibility index (Phi) is 3.13. The van der Waals surface area contributed by atoms with E-state index in [1.807, 2.05) is 0 Å². The standard InChI is InChI=1S/C25H29N9O3/c1-35-15-16-36-19-6-4-18(5-7-19)32-11-8-31(9-12-32)10-13-33-23-20(17-27-33)24-28-22(21-3-2-14-37-21)30-34(24)25(26)29-23/h2-7,14,17H,8-13,15-16H2,1H3,(H2,26,29)/i1D3,8D2,9D2,10D2,11D2,12D2,13D2,17D. The number of hydrogen-bond donors (Lipinski definition) is 1. The lowest BCUT2D eigenvalue weighted by Crippen LogP contribution is -2.47. The highest BCUT2D eigenvalue weighted by Gasteiger charge is 2.20. The number of nitrogens with two attached hydrogens (primary N) is 1. The molecular weight excluding hydrogens is 474 g/mol. The van der Waals surface area contributed by atoms with Crippen LogP contribution in [-0.2, 0) is 11.2 Å². The number of hydrogen-bond acceptors (Lipinski definition) is 10. The Morgan fingerprint density at radius 1 is 1.11 bits per heavy atom. The van der Waals surface area contributed by atoms with Gasteiger partial charge < -0.3 is 24.5 Å². The van der Waals surface area contributed by atoms with Crippen LogP contribution in [0, 0.1) is 0 Å². The zero-order valence-electron chi connectivity index (χ0n) is 34.8. The molecule has 1 aliphatic rings. The third-order valence-corrected chi connectivity index (χ3v) is 5.06. The van der Waals surface area contributed by atoms with Gasteiger partial charge in [0.1, 0.15) is 12.4 Å². The summed E-state index contributed by atoms with van der Waals surface area (Å²) in [4.78, 5) is 7.96. The molecule has 12 nitrogen and oxygen atoms in total. The molecule has 0 aliphatic carbocycles. The fraction of sp³-hybridized carbons (Fsp3) is 0.360. The zero-order chi connectivity index (χ0) is 39.3. The fourth-order valence-electron chi connectivity index (χ4n) is 3.37. The van der Waals surface area contributed by atoms with Gasteiger partial charge in [-0.15, -0.1) is 5.10 Å². The van der Waals surface area contributed by atoms with Gasteiger partial charge in [0.15, 0.2) is 17.1 Å². The van der Waals surface area contributed by atoms with Crippen molar-refractivity contribution in [3.63, 3.8) is 0 Å². The number of methoxy groups -OCH3 is 1.